The van der Waals surface area contributed by atoms with Gasteiger partial charge >= 0.3 is 0 Å². The van der Waals surface area contributed by atoms with Crippen LogP contribution in [0.1, 0.15) is 27.9 Å². The highest BCUT2D eigenvalue weighted by Crippen LogP contribution is 2.41. The maximum Gasteiger partial charge on any atom is 0.290 e. The van der Waals surface area contributed by atoms with Gasteiger partial charge in [-0.25, -0.2) is 0 Å². The number of carbonyl (C=O) groups is 2. The summed E-state index contributed by atoms with van der Waals surface area (Å²) >= 11 is 3.39. The number of fused-ring (bicyclic) bond motifs is 1. The number of phenols is 1. The number of ketones is 1. The fourth-order valence-electron chi connectivity index (χ4n) is 3.92. The Labute approximate surface area is 190 Å². The molecule has 2 N–H and O–H groups in total. The maximum atomic E-state index is 13.5. The van der Waals surface area contributed by atoms with Crippen LogP contribution in [0.15, 0.2) is 91.6 Å². The number of amides is 1. The van der Waals surface area contributed by atoms with E-state index in [0.717, 1.165) is 4.47 Å². The van der Waals surface area contributed by atoms with Crippen LogP contribution in [0.4, 0.5) is 0 Å². The Morgan fingerprint density at radius 1 is 1.06 bits per heavy atom. The number of aromatic hydroxyl groups is 1. The topological polar surface area (TPSA) is 104 Å². The molecule has 0 radical (unpaired) electrons. The van der Waals surface area contributed by atoms with Gasteiger partial charge in [0.1, 0.15) is 17.1 Å². The summed E-state index contributed by atoms with van der Waals surface area (Å²) in [5.74, 6) is -1.53. The Hall–Kier alpha value is -3.78. The van der Waals surface area contributed by atoms with Gasteiger partial charge in [0.25, 0.3) is 5.91 Å². The first-order valence-corrected chi connectivity index (χ1v) is 10.5. The molecular weight excluding hydrogens is 478 g/mol. The second-order valence-corrected chi connectivity index (χ2v) is 8.31. The van der Waals surface area contributed by atoms with Crippen molar-refractivity contribution in [2.75, 3.05) is 0 Å². The Balaban J connectivity index is 1.61. The minimum atomic E-state index is -0.938. The fourth-order valence-corrected chi connectivity index (χ4v) is 4.30. The predicted octanol–water partition coefficient (Wildman–Crippen LogP) is 5.27. The zero-order valence-electron chi connectivity index (χ0n) is 16.5. The quantitative estimate of drug-likeness (QED) is 0.367. The van der Waals surface area contributed by atoms with Crippen LogP contribution in [0.5, 0.6) is 5.75 Å². The number of hydrogen-bond donors (Lipinski definition) is 2. The normalized spacial score (nSPS) is 16.3. The van der Waals surface area contributed by atoms with Crippen molar-refractivity contribution >= 4 is 38.6 Å². The number of aliphatic hydroxyl groups is 1. The molecule has 2 aromatic heterocycles. The molecule has 0 aliphatic carbocycles. The molecule has 0 saturated carbocycles. The molecule has 1 unspecified atom stereocenters. The van der Waals surface area contributed by atoms with E-state index in [1.165, 1.54) is 23.3 Å². The molecule has 3 heterocycles. The first-order chi connectivity index (χ1) is 15.4. The number of hydrogen-bond acceptors (Lipinski definition) is 6. The second-order valence-electron chi connectivity index (χ2n) is 7.39. The lowest BCUT2D eigenvalue weighted by atomic mass is 9.95. The summed E-state index contributed by atoms with van der Waals surface area (Å²) in [6.07, 6.45) is 1.48. The summed E-state index contributed by atoms with van der Waals surface area (Å²) < 4.78 is 11.9. The predicted molar refractivity (Wildman–Crippen MR) is 118 cm³/mol. The maximum absolute atomic E-state index is 13.5. The van der Waals surface area contributed by atoms with E-state index < -0.39 is 23.5 Å². The molecule has 5 rings (SSSR count). The van der Waals surface area contributed by atoms with Gasteiger partial charge in [0.15, 0.2) is 11.5 Å². The fraction of sp³-hybridized carbons (Fsp3) is 0.0833. The van der Waals surface area contributed by atoms with E-state index in [1.54, 1.807) is 48.5 Å². The largest absolute Gasteiger partial charge is 0.508 e. The average Bonchev–Trinajstić information content (AvgIpc) is 3.48. The average molecular weight is 494 g/mol. The third kappa shape index (κ3) is 3.38. The number of aliphatic hydroxyl groups excluding tert-OH is 1. The molecule has 2 aromatic carbocycles. The van der Waals surface area contributed by atoms with Crippen molar-refractivity contribution in [2.45, 2.75) is 12.6 Å². The van der Waals surface area contributed by atoms with Crippen molar-refractivity contribution < 1.29 is 28.6 Å². The first-order valence-electron chi connectivity index (χ1n) is 9.71. The number of benzene rings is 2. The SMILES string of the molecule is O=C(C1=C(O)C(=O)N(Cc2ccco2)C1c1cccc(O)c1)c1cc2cc(Br)ccc2o1. The Kier molecular flexibility index (Phi) is 4.86. The Bertz CT molecular complexity index is 1380. The molecule has 7 nitrogen and oxygen atoms in total. The minimum Gasteiger partial charge on any atom is -0.508 e. The van der Waals surface area contributed by atoms with Crippen LogP contribution in [0, 0.1) is 0 Å². The standard InChI is InChI=1S/C24H16BrNO6/c25-15-6-7-18-14(9-15)11-19(32-18)22(28)20-21(13-3-1-4-16(27)10-13)26(24(30)23(20)29)12-17-5-2-8-31-17/h1-11,21,27,29H,12H2. The number of furan rings is 2. The molecule has 32 heavy (non-hydrogen) atoms. The van der Waals surface area contributed by atoms with Crippen LogP contribution in [0.25, 0.3) is 11.0 Å². The van der Waals surface area contributed by atoms with Gasteiger partial charge in [-0.3, -0.25) is 9.59 Å². The van der Waals surface area contributed by atoms with Gasteiger partial charge in [0, 0.05) is 9.86 Å². The monoisotopic (exact) mass is 493 g/mol. The molecule has 1 amide bonds. The van der Waals surface area contributed by atoms with E-state index in [-0.39, 0.29) is 23.6 Å². The van der Waals surface area contributed by atoms with Crippen molar-refractivity contribution in [3.63, 3.8) is 0 Å². The molecule has 0 fully saturated rings. The molecule has 1 atom stereocenters. The van der Waals surface area contributed by atoms with E-state index in [2.05, 4.69) is 15.9 Å². The highest BCUT2D eigenvalue weighted by atomic mass is 79.9. The highest BCUT2D eigenvalue weighted by Gasteiger charge is 2.45. The van der Waals surface area contributed by atoms with Crippen LogP contribution in [-0.4, -0.2) is 26.8 Å². The molecule has 1 aliphatic rings. The van der Waals surface area contributed by atoms with Crippen LogP contribution < -0.4 is 0 Å². The molecule has 0 bridgehead atoms. The highest BCUT2D eigenvalue weighted by molar-refractivity contribution is 9.10. The van der Waals surface area contributed by atoms with Crippen molar-refractivity contribution in [1.82, 2.24) is 4.90 Å². The number of rotatable bonds is 5. The zero-order chi connectivity index (χ0) is 22.4. The molecular formula is C24H16BrNO6. The first kappa shape index (κ1) is 20.1. The number of phenolic OH excluding ortho intramolecular Hbond substituents is 1. The molecule has 1 aliphatic heterocycles. The smallest absolute Gasteiger partial charge is 0.290 e. The van der Waals surface area contributed by atoms with E-state index in [0.29, 0.717) is 22.3 Å². The van der Waals surface area contributed by atoms with Crippen molar-refractivity contribution in [3.05, 3.63) is 99.8 Å². The van der Waals surface area contributed by atoms with Gasteiger partial charge in [-0.1, -0.05) is 28.1 Å². The third-order valence-electron chi connectivity index (χ3n) is 5.34. The summed E-state index contributed by atoms with van der Waals surface area (Å²) in [4.78, 5) is 27.8. The van der Waals surface area contributed by atoms with Gasteiger partial charge in [-0.05, 0) is 54.1 Å². The van der Waals surface area contributed by atoms with Gasteiger partial charge in [-0.15, -0.1) is 0 Å². The van der Waals surface area contributed by atoms with Gasteiger partial charge < -0.3 is 23.9 Å². The lowest BCUT2D eigenvalue weighted by Crippen LogP contribution is -2.30. The van der Waals surface area contributed by atoms with Gasteiger partial charge in [-0.2, -0.15) is 0 Å². The minimum absolute atomic E-state index is 0.00236. The van der Waals surface area contributed by atoms with Crippen LogP contribution in [-0.2, 0) is 11.3 Å². The van der Waals surface area contributed by atoms with Crippen LogP contribution in [0.3, 0.4) is 0 Å². The van der Waals surface area contributed by atoms with E-state index in [4.69, 9.17) is 8.83 Å². The Morgan fingerprint density at radius 3 is 2.66 bits per heavy atom. The summed E-state index contributed by atoms with van der Waals surface area (Å²) in [7, 11) is 0. The molecule has 0 spiro atoms. The Morgan fingerprint density at radius 2 is 1.91 bits per heavy atom. The summed E-state index contributed by atoms with van der Waals surface area (Å²) in [5, 5.41) is 21.4. The van der Waals surface area contributed by atoms with Gasteiger partial charge in [0.2, 0.25) is 5.78 Å². The van der Waals surface area contributed by atoms with E-state index in [9.17, 15) is 19.8 Å². The summed E-state index contributed by atoms with van der Waals surface area (Å²) in [5.41, 5.74) is 0.851. The number of Topliss-reactive ketones (excluding diaryl/α,β-unsaturated/α-hetero) is 1. The van der Waals surface area contributed by atoms with Crippen molar-refractivity contribution in [2.24, 2.45) is 0 Å². The molecule has 0 saturated heterocycles. The molecule has 160 valence electrons. The lowest BCUT2D eigenvalue weighted by molar-refractivity contribution is -0.130. The number of carbonyl (C=O) groups excluding carboxylic acids is 2. The van der Waals surface area contributed by atoms with Crippen molar-refractivity contribution in [3.8, 4) is 5.75 Å². The van der Waals surface area contributed by atoms with Crippen molar-refractivity contribution in [1.29, 1.82) is 0 Å². The van der Waals surface area contributed by atoms with Gasteiger partial charge in [0.05, 0.1) is 24.4 Å². The molecule has 4 aromatic rings. The van der Waals surface area contributed by atoms with Crippen LogP contribution >= 0.6 is 15.9 Å². The lowest BCUT2D eigenvalue weighted by Gasteiger charge is -2.26. The number of halogens is 1. The van der Waals surface area contributed by atoms with E-state index >= 15 is 0 Å². The van der Waals surface area contributed by atoms with E-state index in [1.807, 2.05) is 0 Å². The summed E-state index contributed by atoms with van der Waals surface area (Å²) in [6.45, 7) is 0.0279. The third-order valence-corrected chi connectivity index (χ3v) is 5.84. The summed E-state index contributed by atoms with van der Waals surface area (Å²) in [6, 6.07) is 15.6. The number of nitrogens with zero attached hydrogens (tertiary/aromatic N) is 1. The second kappa shape index (κ2) is 7.72. The molecule has 8 heteroatoms. The van der Waals surface area contributed by atoms with Crippen LogP contribution in [0.2, 0.25) is 0 Å². The zero-order valence-corrected chi connectivity index (χ0v) is 18.1.